The molecule has 170 valence electrons. The third-order valence-electron chi connectivity index (χ3n) is 5.76. The van der Waals surface area contributed by atoms with Crippen molar-refractivity contribution in [1.82, 2.24) is 4.90 Å². The molecule has 1 N–H and O–H groups in total. The summed E-state index contributed by atoms with van der Waals surface area (Å²) in [6.45, 7) is 5.77. The van der Waals surface area contributed by atoms with E-state index in [4.69, 9.17) is 4.74 Å². The molecule has 0 saturated heterocycles. The number of methoxy groups -OCH3 is 1. The predicted octanol–water partition coefficient (Wildman–Crippen LogP) is 4.31. The van der Waals surface area contributed by atoms with Gasteiger partial charge in [-0.15, -0.1) is 0 Å². The van der Waals surface area contributed by atoms with Crippen molar-refractivity contribution < 1.29 is 19.4 Å². The lowest BCUT2D eigenvalue weighted by atomic mass is 9.82. The van der Waals surface area contributed by atoms with Gasteiger partial charge in [0.15, 0.2) is 11.5 Å². The van der Waals surface area contributed by atoms with Crippen LogP contribution in [0.2, 0.25) is 0 Å². The summed E-state index contributed by atoms with van der Waals surface area (Å²) >= 11 is 0. The summed E-state index contributed by atoms with van der Waals surface area (Å²) in [7, 11) is 5.53. The Hall–Kier alpha value is -3.28. The van der Waals surface area contributed by atoms with E-state index in [-0.39, 0.29) is 11.4 Å². The molecule has 0 aromatic heterocycles. The first-order valence-corrected chi connectivity index (χ1v) is 10.7. The average molecular weight is 437 g/mol. The highest BCUT2D eigenvalue weighted by Gasteiger charge is 2.45. The summed E-state index contributed by atoms with van der Waals surface area (Å²) in [5, 5.41) is 10.7. The Morgan fingerprint density at radius 3 is 2.16 bits per heavy atom. The summed E-state index contributed by atoms with van der Waals surface area (Å²) in [5.41, 5.74) is 2.30. The number of rotatable bonds is 7. The molecule has 32 heavy (non-hydrogen) atoms. The predicted molar refractivity (Wildman–Crippen MR) is 126 cm³/mol. The minimum Gasteiger partial charge on any atom is -0.503 e. The molecule has 1 atom stereocenters. The quantitative estimate of drug-likeness (QED) is 0.700. The summed E-state index contributed by atoms with van der Waals surface area (Å²) in [6, 6.07) is 14.8. The van der Waals surface area contributed by atoms with Gasteiger partial charge in [0.25, 0.3) is 5.91 Å². The number of carbonyl (C=O) groups is 2. The fourth-order valence-electron chi connectivity index (χ4n) is 3.86. The second-order valence-electron chi connectivity index (χ2n) is 9.33. The summed E-state index contributed by atoms with van der Waals surface area (Å²) in [6.07, 6.45) is 0.590. The lowest BCUT2D eigenvalue weighted by Gasteiger charge is -2.29. The maximum atomic E-state index is 13.3. The van der Waals surface area contributed by atoms with Gasteiger partial charge in [-0.25, -0.2) is 0 Å². The smallest absolute Gasteiger partial charge is 0.290 e. The molecule has 3 rings (SSSR count). The third kappa shape index (κ3) is 4.64. The van der Waals surface area contributed by atoms with Gasteiger partial charge in [0.05, 0.1) is 18.7 Å². The van der Waals surface area contributed by atoms with E-state index in [1.54, 1.807) is 32.8 Å². The molecule has 6 heteroatoms. The number of benzene rings is 2. The number of hydrogen-bond acceptors (Lipinski definition) is 5. The van der Waals surface area contributed by atoms with E-state index in [1.807, 2.05) is 67.5 Å². The second-order valence-corrected chi connectivity index (χ2v) is 9.33. The van der Waals surface area contributed by atoms with E-state index in [1.165, 1.54) is 0 Å². The van der Waals surface area contributed by atoms with Gasteiger partial charge in [-0.05, 0) is 41.8 Å². The van der Waals surface area contributed by atoms with E-state index in [0.717, 1.165) is 22.6 Å². The largest absolute Gasteiger partial charge is 0.503 e. The zero-order valence-corrected chi connectivity index (χ0v) is 19.7. The molecule has 0 saturated carbocycles. The van der Waals surface area contributed by atoms with Gasteiger partial charge >= 0.3 is 0 Å². The Balaban J connectivity index is 1.96. The number of hydrogen-bond donors (Lipinski definition) is 1. The first-order chi connectivity index (χ1) is 15.0. The zero-order chi connectivity index (χ0) is 23.6. The fourth-order valence-corrected chi connectivity index (χ4v) is 3.86. The molecular weight excluding hydrogens is 404 g/mol. The maximum absolute atomic E-state index is 13.3. The Bertz CT molecular complexity index is 1020. The summed E-state index contributed by atoms with van der Waals surface area (Å²) in [4.78, 5) is 29.9. The molecule has 1 amide bonds. The molecule has 0 bridgehead atoms. The average Bonchev–Trinajstić information content (AvgIpc) is 3.01. The molecule has 0 radical (unpaired) electrons. The van der Waals surface area contributed by atoms with Crippen molar-refractivity contribution in [2.24, 2.45) is 5.41 Å². The zero-order valence-electron chi connectivity index (χ0n) is 19.7. The minimum atomic E-state index is -0.725. The van der Waals surface area contributed by atoms with Crippen LogP contribution in [0, 0.1) is 5.41 Å². The highest BCUT2D eigenvalue weighted by atomic mass is 16.5. The van der Waals surface area contributed by atoms with Crippen molar-refractivity contribution in [2.45, 2.75) is 33.2 Å². The van der Waals surface area contributed by atoms with Gasteiger partial charge < -0.3 is 19.6 Å². The normalized spacial score (nSPS) is 16.5. The van der Waals surface area contributed by atoms with Crippen LogP contribution in [-0.4, -0.2) is 49.4 Å². The van der Waals surface area contributed by atoms with E-state index in [9.17, 15) is 14.7 Å². The van der Waals surface area contributed by atoms with Crippen molar-refractivity contribution in [3.8, 4) is 5.75 Å². The second kappa shape index (κ2) is 9.07. The topological polar surface area (TPSA) is 70.1 Å². The van der Waals surface area contributed by atoms with E-state index in [2.05, 4.69) is 0 Å². The Morgan fingerprint density at radius 2 is 1.66 bits per heavy atom. The molecule has 0 aliphatic carbocycles. The number of carbonyl (C=O) groups excluding carboxylic acids is 2. The van der Waals surface area contributed by atoms with Crippen LogP contribution in [0.15, 0.2) is 59.9 Å². The SMILES string of the molecule is COc1ccc(CCN2C(=O)C(O)=C(C(=O)C(C)(C)C)C2c2ccc(N(C)C)cc2)cc1. The Labute approximate surface area is 190 Å². The molecule has 1 aliphatic heterocycles. The highest BCUT2D eigenvalue weighted by Crippen LogP contribution is 2.41. The van der Waals surface area contributed by atoms with E-state index < -0.39 is 23.1 Å². The first kappa shape index (κ1) is 23.4. The van der Waals surface area contributed by atoms with Gasteiger partial charge in [0, 0.05) is 31.7 Å². The number of ketones is 1. The van der Waals surface area contributed by atoms with E-state index in [0.29, 0.717) is 13.0 Å². The van der Waals surface area contributed by atoms with Crippen LogP contribution in [0.4, 0.5) is 5.69 Å². The molecule has 0 spiro atoms. The van der Waals surface area contributed by atoms with Crippen molar-refractivity contribution in [3.63, 3.8) is 0 Å². The van der Waals surface area contributed by atoms with Gasteiger partial charge in [0.1, 0.15) is 5.75 Å². The minimum absolute atomic E-state index is 0.176. The molecule has 2 aromatic carbocycles. The van der Waals surface area contributed by atoms with Crippen LogP contribution in [0.1, 0.15) is 37.9 Å². The maximum Gasteiger partial charge on any atom is 0.290 e. The molecule has 2 aromatic rings. The van der Waals surface area contributed by atoms with Crippen LogP contribution in [0.3, 0.4) is 0 Å². The van der Waals surface area contributed by atoms with Crippen molar-refractivity contribution in [2.75, 3.05) is 32.6 Å². The number of ether oxygens (including phenoxy) is 1. The van der Waals surface area contributed by atoms with E-state index >= 15 is 0 Å². The van der Waals surface area contributed by atoms with Gasteiger partial charge in [-0.3, -0.25) is 9.59 Å². The Kier molecular flexibility index (Phi) is 6.63. The molecule has 1 unspecified atom stereocenters. The fraction of sp³-hybridized carbons (Fsp3) is 0.385. The monoisotopic (exact) mass is 436 g/mol. The number of Topliss-reactive ketones (excluding diaryl/α,β-unsaturated/α-hetero) is 1. The Morgan fingerprint density at radius 1 is 1.06 bits per heavy atom. The van der Waals surface area contributed by atoms with Crippen molar-refractivity contribution >= 4 is 17.4 Å². The molecule has 0 fully saturated rings. The van der Waals surface area contributed by atoms with Crippen LogP contribution < -0.4 is 9.64 Å². The molecule has 6 nitrogen and oxygen atoms in total. The summed E-state index contributed by atoms with van der Waals surface area (Å²) < 4.78 is 5.21. The highest BCUT2D eigenvalue weighted by molar-refractivity contribution is 6.10. The lowest BCUT2D eigenvalue weighted by Crippen LogP contribution is -2.34. The third-order valence-corrected chi connectivity index (χ3v) is 5.76. The molecule has 1 heterocycles. The van der Waals surface area contributed by atoms with Gasteiger partial charge in [-0.1, -0.05) is 45.0 Å². The van der Waals surface area contributed by atoms with Crippen LogP contribution in [-0.2, 0) is 16.0 Å². The number of anilines is 1. The number of nitrogens with zero attached hydrogens (tertiary/aromatic N) is 2. The standard InChI is InChI=1S/C26H32N2O4/c1-26(2,3)24(30)21-22(18-9-11-19(12-10-18)27(4)5)28(25(31)23(21)29)16-15-17-7-13-20(32-6)14-8-17/h7-14,22,29H,15-16H2,1-6H3. The number of aliphatic hydroxyl groups excluding tert-OH is 1. The van der Waals surface area contributed by atoms with Gasteiger partial charge in [0.2, 0.25) is 0 Å². The molecule has 1 aliphatic rings. The number of amides is 1. The number of aliphatic hydroxyl groups is 1. The lowest BCUT2D eigenvalue weighted by molar-refractivity contribution is -0.129. The van der Waals surface area contributed by atoms with Crippen LogP contribution in [0.5, 0.6) is 5.75 Å². The molecular formula is C26H32N2O4. The summed E-state index contributed by atoms with van der Waals surface area (Å²) in [5.74, 6) is -0.409. The van der Waals surface area contributed by atoms with Crippen molar-refractivity contribution in [3.05, 3.63) is 71.0 Å². The van der Waals surface area contributed by atoms with Gasteiger partial charge in [-0.2, -0.15) is 0 Å². The van der Waals surface area contributed by atoms with Crippen LogP contribution >= 0.6 is 0 Å². The van der Waals surface area contributed by atoms with Crippen molar-refractivity contribution in [1.29, 1.82) is 0 Å². The van der Waals surface area contributed by atoms with Crippen LogP contribution in [0.25, 0.3) is 0 Å². The first-order valence-electron chi connectivity index (χ1n) is 10.7.